The first-order valence-electron chi connectivity index (χ1n) is 10.8. The van der Waals surface area contributed by atoms with Crippen molar-refractivity contribution in [3.63, 3.8) is 0 Å². The number of hydrogen-bond donors (Lipinski definition) is 3. The topological polar surface area (TPSA) is 78.8 Å². The van der Waals surface area contributed by atoms with Crippen LogP contribution in [0.2, 0.25) is 5.02 Å². The molecule has 0 aliphatic heterocycles. The molecule has 0 radical (unpaired) electrons. The minimum Gasteiger partial charge on any atom is -0.491 e. The molecular formula is C25H32ClNO4. The van der Waals surface area contributed by atoms with Gasteiger partial charge in [0, 0.05) is 23.5 Å². The van der Waals surface area contributed by atoms with Crippen molar-refractivity contribution >= 4 is 17.6 Å². The number of rotatable bonds is 11. The summed E-state index contributed by atoms with van der Waals surface area (Å²) in [5.41, 5.74) is 3.57. The van der Waals surface area contributed by atoms with E-state index in [9.17, 15) is 9.90 Å². The van der Waals surface area contributed by atoms with E-state index in [1.165, 1.54) is 11.1 Å². The molecule has 3 rings (SSSR count). The van der Waals surface area contributed by atoms with E-state index < -0.39 is 12.1 Å². The highest BCUT2D eigenvalue weighted by atomic mass is 35.5. The molecule has 1 aliphatic carbocycles. The third-order valence-corrected chi connectivity index (χ3v) is 6.19. The van der Waals surface area contributed by atoms with Gasteiger partial charge in [-0.2, -0.15) is 0 Å². The molecule has 31 heavy (non-hydrogen) atoms. The largest absolute Gasteiger partial charge is 0.491 e. The second-order valence-electron chi connectivity index (χ2n) is 9.12. The summed E-state index contributed by atoms with van der Waals surface area (Å²) in [4.78, 5) is 10.8. The summed E-state index contributed by atoms with van der Waals surface area (Å²) in [6.45, 7) is 4.94. The molecule has 0 saturated heterocycles. The van der Waals surface area contributed by atoms with E-state index in [2.05, 4.69) is 43.4 Å². The summed E-state index contributed by atoms with van der Waals surface area (Å²) in [5.74, 6) is 0.325. The summed E-state index contributed by atoms with van der Waals surface area (Å²) >= 11 is 6.13. The van der Waals surface area contributed by atoms with Gasteiger partial charge in [0.1, 0.15) is 18.5 Å². The molecule has 5 nitrogen and oxygen atoms in total. The van der Waals surface area contributed by atoms with Crippen LogP contribution in [0.3, 0.4) is 0 Å². The van der Waals surface area contributed by atoms with Crippen LogP contribution in [0.4, 0.5) is 0 Å². The Morgan fingerprint density at radius 3 is 2.55 bits per heavy atom. The number of aryl methyl sites for hydroxylation is 1. The van der Waals surface area contributed by atoms with Crippen LogP contribution in [0.5, 0.6) is 5.75 Å². The number of fused-ring (bicyclic) bond motifs is 1. The maximum Gasteiger partial charge on any atom is 0.303 e. The van der Waals surface area contributed by atoms with Crippen molar-refractivity contribution in [1.29, 1.82) is 0 Å². The van der Waals surface area contributed by atoms with E-state index in [1.807, 2.05) is 0 Å². The number of carbonyl (C=O) groups is 1. The Morgan fingerprint density at radius 2 is 1.90 bits per heavy atom. The lowest BCUT2D eigenvalue weighted by atomic mass is 9.88. The monoisotopic (exact) mass is 445 g/mol. The highest BCUT2D eigenvalue weighted by molar-refractivity contribution is 6.31. The van der Waals surface area contributed by atoms with Crippen LogP contribution in [0.25, 0.3) is 0 Å². The van der Waals surface area contributed by atoms with Gasteiger partial charge in [-0.1, -0.05) is 35.9 Å². The molecular weight excluding hydrogens is 414 g/mol. The van der Waals surface area contributed by atoms with Crippen molar-refractivity contribution in [3.8, 4) is 5.75 Å². The normalized spacial score (nSPS) is 15.0. The Hall–Kier alpha value is -2.08. The number of aliphatic carboxylic acids is 1. The molecule has 1 atom stereocenters. The van der Waals surface area contributed by atoms with Crippen molar-refractivity contribution in [2.24, 2.45) is 5.92 Å². The number of benzene rings is 2. The van der Waals surface area contributed by atoms with E-state index in [-0.39, 0.29) is 18.6 Å². The van der Waals surface area contributed by atoms with Gasteiger partial charge in [-0.15, -0.1) is 0 Å². The van der Waals surface area contributed by atoms with Crippen molar-refractivity contribution in [2.75, 3.05) is 13.2 Å². The van der Waals surface area contributed by atoms with Crippen LogP contribution < -0.4 is 10.1 Å². The van der Waals surface area contributed by atoms with Crippen LogP contribution in [0.1, 0.15) is 43.4 Å². The minimum absolute atomic E-state index is 0.0108. The summed E-state index contributed by atoms with van der Waals surface area (Å²) in [6.07, 6.45) is 2.98. The molecule has 0 bridgehead atoms. The van der Waals surface area contributed by atoms with Gasteiger partial charge in [0.05, 0.1) is 0 Å². The number of halogens is 1. The minimum atomic E-state index is -0.868. The summed E-state index contributed by atoms with van der Waals surface area (Å²) < 4.78 is 5.72. The molecule has 168 valence electrons. The summed E-state index contributed by atoms with van der Waals surface area (Å²) in [6, 6.07) is 13.8. The van der Waals surface area contributed by atoms with Crippen LogP contribution in [0.15, 0.2) is 42.5 Å². The first-order valence-corrected chi connectivity index (χ1v) is 11.2. The van der Waals surface area contributed by atoms with Gasteiger partial charge in [0.15, 0.2) is 0 Å². The van der Waals surface area contributed by atoms with E-state index in [4.69, 9.17) is 21.4 Å². The molecule has 0 aromatic heterocycles. The van der Waals surface area contributed by atoms with E-state index in [0.29, 0.717) is 29.7 Å². The Kier molecular flexibility index (Phi) is 7.98. The first-order chi connectivity index (χ1) is 14.7. The average molecular weight is 446 g/mol. The van der Waals surface area contributed by atoms with Crippen molar-refractivity contribution in [1.82, 2.24) is 5.32 Å². The van der Waals surface area contributed by atoms with Gasteiger partial charge in [-0.05, 0) is 80.3 Å². The second kappa shape index (κ2) is 10.5. The third kappa shape index (κ3) is 7.23. The molecule has 2 aromatic carbocycles. The molecule has 6 heteroatoms. The van der Waals surface area contributed by atoms with Gasteiger partial charge < -0.3 is 20.3 Å². The lowest BCUT2D eigenvalue weighted by Crippen LogP contribution is -2.46. The van der Waals surface area contributed by atoms with E-state index >= 15 is 0 Å². The number of β-amino-alcohol motifs (C(OH)–C–C–N with tert-alkyl or cyclic N) is 1. The molecule has 0 heterocycles. The Bertz CT molecular complexity index is 874. The smallest absolute Gasteiger partial charge is 0.303 e. The predicted octanol–water partition coefficient (Wildman–Crippen LogP) is 4.27. The molecule has 3 N–H and O–H groups in total. The van der Waals surface area contributed by atoms with Gasteiger partial charge in [-0.3, -0.25) is 4.79 Å². The second-order valence-corrected chi connectivity index (χ2v) is 9.53. The van der Waals surface area contributed by atoms with Gasteiger partial charge in [0.25, 0.3) is 0 Å². The summed E-state index contributed by atoms with van der Waals surface area (Å²) in [7, 11) is 0. The maximum absolute atomic E-state index is 10.8. The SMILES string of the molecule is CC(C)(CC1Cc2ccccc2C1)NC[C@@H](O)COc1ccc(Cl)c(CCC(=O)O)c1. The van der Waals surface area contributed by atoms with Gasteiger partial charge in [-0.25, -0.2) is 0 Å². The fraction of sp³-hybridized carbons (Fsp3) is 0.480. The number of aliphatic hydroxyl groups excluding tert-OH is 1. The number of aliphatic hydroxyl groups is 1. The van der Waals surface area contributed by atoms with Crippen molar-refractivity contribution in [2.45, 2.75) is 57.6 Å². The lowest BCUT2D eigenvalue weighted by molar-refractivity contribution is -0.136. The standard InChI is InChI=1S/C25H32ClNO4/c1-25(2,14-17-11-18-5-3-4-6-19(18)12-17)27-15-21(28)16-31-22-8-9-23(26)20(13-22)7-10-24(29)30/h3-6,8-9,13,17,21,27-28H,7,10-12,14-16H2,1-2H3,(H,29,30)/t21-/m1/s1. The fourth-order valence-corrected chi connectivity index (χ4v) is 4.52. The molecule has 0 amide bonds. The van der Waals surface area contributed by atoms with E-state index in [0.717, 1.165) is 24.8 Å². The van der Waals surface area contributed by atoms with Crippen molar-refractivity contribution < 1.29 is 19.7 Å². The Morgan fingerprint density at radius 1 is 1.23 bits per heavy atom. The number of carboxylic acids is 1. The van der Waals surface area contributed by atoms with Gasteiger partial charge >= 0.3 is 5.97 Å². The maximum atomic E-state index is 10.8. The van der Waals surface area contributed by atoms with Crippen LogP contribution in [0, 0.1) is 5.92 Å². The Labute approximate surface area is 189 Å². The quantitative estimate of drug-likeness (QED) is 0.481. The third-order valence-electron chi connectivity index (χ3n) is 5.82. The van der Waals surface area contributed by atoms with Crippen molar-refractivity contribution in [3.05, 3.63) is 64.2 Å². The zero-order valence-corrected chi connectivity index (χ0v) is 19.0. The number of ether oxygens (including phenoxy) is 1. The molecule has 0 fully saturated rings. The highest BCUT2D eigenvalue weighted by Crippen LogP contribution is 2.32. The zero-order chi connectivity index (χ0) is 22.4. The Balaban J connectivity index is 1.43. The zero-order valence-electron chi connectivity index (χ0n) is 18.2. The highest BCUT2D eigenvalue weighted by Gasteiger charge is 2.28. The molecule has 0 saturated carbocycles. The molecule has 0 unspecified atom stereocenters. The molecule has 0 spiro atoms. The first kappa shape index (κ1) is 23.6. The van der Waals surface area contributed by atoms with Crippen LogP contribution >= 0.6 is 11.6 Å². The summed E-state index contributed by atoms with van der Waals surface area (Å²) in [5, 5.41) is 23.2. The number of hydrogen-bond acceptors (Lipinski definition) is 4. The average Bonchev–Trinajstić information content (AvgIpc) is 3.12. The lowest BCUT2D eigenvalue weighted by Gasteiger charge is -2.30. The fourth-order valence-electron chi connectivity index (χ4n) is 4.31. The number of nitrogens with one attached hydrogen (secondary N) is 1. The number of carboxylic acid groups (broad SMARTS) is 1. The molecule has 2 aromatic rings. The predicted molar refractivity (Wildman–Crippen MR) is 123 cm³/mol. The van der Waals surface area contributed by atoms with Gasteiger partial charge in [0.2, 0.25) is 0 Å². The molecule has 1 aliphatic rings. The van der Waals surface area contributed by atoms with Crippen LogP contribution in [-0.2, 0) is 24.1 Å². The van der Waals surface area contributed by atoms with E-state index in [1.54, 1.807) is 18.2 Å². The van der Waals surface area contributed by atoms with Crippen LogP contribution in [-0.4, -0.2) is 41.0 Å².